The number of fused-ring (bicyclic) bond motifs is 1. The molecule has 1 aliphatic rings. The molecule has 114 valence electrons. The number of hydrogen-bond acceptors (Lipinski definition) is 2. The lowest BCUT2D eigenvalue weighted by atomic mass is 9.94. The summed E-state index contributed by atoms with van der Waals surface area (Å²) < 4.78 is 2.42. The monoisotopic (exact) mass is 285 g/mol. The van der Waals surface area contributed by atoms with Crippen LogP contribution in [0.3, 0.4) is 0 Å². The Hall–Kier alpha value is -1.35. The van der Waals surface area contributed by atoms with Crippen molar-refractivity contribution in [2.24, 2.45) is 11.7 Å². The molecule has 0 aliphatic heterocycles. The smallest absolute Gasteiger partial charge is 0.110 e. The first kappa shape index (κ1) is 14.6. The summed E-state index contributed by atoms with van der Waals surface area (Å²) in [4.78, 5) is 4.90. The molecule has 0 radical (unpaired) electrons. The zero-order chi connectivity index (χ0) is 14.7. The van der Waals surface area contributed by atoms with Crippen LogP contribution in [0.4, 0.5) is 0 Å². The van der Waals surface area contributed by atoms with Crippen LogP contribution in [0.5, 0.6) is 0 Å². The van der Waals surface area contributed by atoms with Gasteiger partial charge in [-0.1, -0.05) is 31.9 Å². The molecule has 1 heterocycles. The number of aryl methyl sites for hydroxylation is 1. The summed E-state index contributed by atoms with van der Waals surface area (Å²) in [7, 11) is 0. The van der Waals surface area contributed by atoms with Crippen LogP contribution in [-0.2, 0) is 13.0 Å². The topological polar surface area (TPSA) is 43.8 Å². The predicted molar refractivity (Wildman–Crippen MR) is 88.3 cm³/mol. The lowest BCUT2D eigenvalue weighted by Gasteiger charge is -2.17. The number of benzene rings is 1. The molecule has 1 aliphatic carbocycles. The second kappa shape index (κ2) is 6.61. The van der Waals surface area contributed by atoms with Crippen LogP contribution in [-0.4, -0.2) is 15.6 Å². The Kier molecular flexibility index (Phi) is 4.59. The van der Waals surface area contributed by atoms with Gasteiger partial charge in [-0.3, -0.25) is 0 Å². The predicted octanol–water partition coefficient (Wildman–Crippen LogP) is 3.90. The van der Waals surface area contributed by atoms with E-state index in [1.165, 1.54) is 37.0 Å². The molecule has 0 spiro atoms. The molecule has 21 heavy (non-hydrogen) atoms. The van der Waals surface area contributed by atoms with Gasteiger partial charge in [-0.2, -0.15) is 0 Å². The van der Waals surface area contributed by atoms with E-state index in [4.69, 9.17) is 10.7 Å². The third-order valence-corrected chi connectivity index (χ3v) is 4.73. The van der Waals surface area contributed by atoms with E-state index in [1.54, 1.807) is 0 Å². The molecule has 1 aromatic heterocycles. The van der Waals surface area contributed by atoms with Gasteiger partial charge in [0.25, 0.3) is 0 Å². The molecular weight excluding hydrogens is 258 g/mol. The van der Waals surface area contributed by atoms with Gasteiger partial charge in [-0.15, -0.1) is 0 Å². The van der Waals surface area contributed by atoms with E-state index in [9.17, 15) is 0 Å². The van der Waals surface area contributed by atoms with Gasteiger partial charge < -0.3 is 10.3 Å². The van der Waals surface area contributed by atoms with Crippen molar-refractivity contribution in [1.29, 1.82) is 0 Å². The average molecular weight is 285 g/mol. The minimum atomic E-state index is 0.390. The highest BCUT2D eigenvalue weighted by Crippen LogP contribution is 2.27. The van der Waals surface area contributed by atoms with Crippen molar-refractivity contribution in [3.05, 3.63) is 30.1 Å². The van der Waals surface area contributed by atoms with Crippen LogP contribution >= 0.6 is 0 Å². The van der Waals surface area contributed by atoms with Crippen molar-refractivity contribution in [1.82, 2.24) is 9.55 Å². The molecule has 1 saturated carbocycles. The number of nitrogens with zero attached hydrogens (tertiary/aromatic N) is 2. The number of aromatic nitrogens is 2. The van der Waals surface area contributed by atoms with E-state index in [-0.39, 0.29) is 0 Å². The molecule has 3 nitrogen and oxygen atoms in total. The summed E-state index contributed by atoms with van der Waals surface area (Å²) >= 11 is 0. The van der Waals surface area contributed by atoms with Crippen molar-refractivity contribution in [3.63, 3.8) is 0 Å². The van der Waals surface area contributed by atoms with Crippen LogP contribution in [0.25, 0.3) is 11.0 Å². The summed E-state index contributed by atoms with van der Waals surface area (Å²) in [5, 5.41) is 0. The van der Waals surface area contributed by atoms with Gasteiger partial charge in [-0.25, -0.2) is 4.98 Å². The minimum Gasteiger partial charge on any atom is -0.328 e. The Labute approximate surface area is 127 Å². The Bertz CT molecular complexity index is 587. The van der Waals surface area contributed by atoms with Crippen molar-refractivity contribution >= 4 is 11.0 Å². The fourth-order valence-corrected chi connectivity index (χ4v) is 3.70. The van der Waals surface area contributed by atoms with E-state index in [0.717, 1.165) is 31.3 Å². The van der Waals surface area contributed by atoms with E-state index >= 15 is 0 Å². The quantitative estimate of drug-likeness (QED) is 0.866. The third kappa shape index (κ3) is 3.29. The largest absolute Gasteiger partial charge is 0.328 e. The highest BCUT2D eigenvalue weighted by molar-refractivity contribution is 5.75. The molecule has 2 aromatic rings. The molecule has 0 amide bonds. The SMILES string of the molecule is CCCn1c(CC2CCCCC(N)C2)nc2ccccc21. The van der Waals surface area contributed by atoms with Gasteiger partial charge in [0.15, 0.2) is 0 Å². The summed E-state index contributed by atoms with van der Waals surface area (Å²) in [6, 6.07) is 8.91. The molecule has 2 N–H and O–H groups in total. The van der Waals surface area contributed by atoms with E-state index in [0.29, 0.717) is 12.0 Å². The normalized spacial score (nSPS) is 23.3. The fourth-order valence-electron chi connectivity index (χ4n) is 3.70. The van der Waals surface area contributed by atoms with Gasteiger partial charge in [-0.05, 0) is 43.7 Å². The molecule has 1 fully saturated rings. The molecule has 1 aromatic carbocycles. The zero-order valence-electron chi connectivity index (χ0n) is 13.1. The maximum absolute atomic E-state index is 6.22. The molecule has 0 saturated heterocycles. The van der Waals surface area contributed by atoms with Crippen LogP contribution in [0.15, 0.2) is 24.3 Å². The van der Waals surface area contributed by atoms with Gasteiger partial charge in [0, 0.05) is 19.0 Å². The number of nitrogens with two attached hydrogens (primary N) is 1. The summed E-state index contributed by atoms with van der Waals surface area (Å²) in [6.45, 7) is 3.30. The maximum Gasteiger partial charge on any atom is 0.110 e. The lowest BCUT2D eigenvalue weighted by Crippen LogP contribution is -2.23. The first-order chi connectivity index (χ1) is 10.3. The first-order valence-electron chi connectivity index (χ1n) is 8.47. The highest BCUT2D eigenvalue weighted by atomic mass is 15.1. The maximum atomic E-state index is 6.22. The van der Waals surface area contributed by atoms with Crippen LogP contribution in [0.2, 0.25) is 0 Å². The molecule has 3 heteroatoms. The Morgan fingerprint density at radius 3 is 2.90 bits per heavy atom. The van der Waals surface area contributed by atoms with Gasteiger partial charge >= 0.3 is 0 Å². The van der Waals surface area contributed by atoms with E-state index < -0.39 is 0 Å². The van der Waals surface area contributed by atoms with E-state index in [1.807, 2.05) is 0 Å². The Morgan fingerprint density at radius 2 is 2.05 bits per heavy atom. The summed E-state index contributed by atoms with van der Waals surface area (Å²) in [6.07, 6.45) is 8.52. The van der Waals surface area contributed by atoms with Crippen LogP contribution in [0.1, 0.15) is 51.3 Å². The molecular formula is C18H27N3. The van der Waals surface area contributed by atoms with Crippen LogP contribution in [0, 0.1) is 5.92 Å². The zero-order valence-corrected chi connectivity index (χ0v) is 13.1. The van der Waals surface area contributed by atoms with Gasteiger partial charge in [0.2, 0.25) is 0 Å². The Morgan fingerprint density at radius 1 is 1.24 bits per heavy atom. The van der Waals surface area contributed by atoms with Crippen LogP contribution < -0.4 is 5.73 Å². The number of rotatable bonds is 4. The second-order valence-corrected chi connectivity index (χ2v) is 6.52. The third-order valence-electron chi connectivity index (χ3n) is 4.73. The number of para-hydroxylation sites is 2. The van der Waals surface area contributed by atoms with Gasteiger partial charge in [0.05, 0.1) is 11.0 Å². The first-order valence-corrected chi connectivity index (χ1v) is 8.47. The van der Waals surface area contributed by atoms with Crippen molar-refractivity contribution in [2.75, 3.05) is 0 Å². The summed E-state index contributed by atoms with van der Waals surface area (Å²) in [5.41, 5.74) is 8.65. The average Bonchev–Trinajstić information content (AvgIpc) is 2.67. The second-order valence-electron chi connectivity index (χ2n) is 6.52. The minimum absolute atomic E-state index is 0.390. The van der Waals surface area contributed by atoms with Crippen molar-refractivity contribution < 1.29 is 0 Å². The molecule has 2 unspecified atom stereocenters. The summed E-state index contributed by atoms with van der Waals surface area (Å²) in [5.74, 6) is 1.96. The number of imidazole rings is 1. The van der Waals surface area contributed by atoms with Crippen molar-refractivity contribution in [2.45, 2.75) is 64.5 Å². The molecule has 2 atom stereocenters. The molecule has 0 bridgehead atoms. The van der Waals surface area contributed by atoms with E-state index in [2.05, 4.69) is 35.8 Å². The number of hydrogen-bond donors (Lipinski definition) is 1. The fraction of sp³-hybridized carbons (Fsp3) is 0.611. The van der Waals surface area contributed by atoms with Gasteiger partial charge in [0.1, 0.15) is 5.82 Å². The van der Waals surface area contributed by atoms with Crippen molar-refractivity contribution in [3.8, 4) is 0 Å². The lowest BCUT2D eigenvalue weighted by molar-refractivity contribution is 0.416. The molecule has 3 rings (SSSR count). The standard InChI is InChI=1S/C18H27N3/c1-2-11-21-17-10-6-5-9-16(17)20-18(21)13-14-7-3-4-8-15(19)12-14/h5-6,9-10,14-15H,2-4,7-8,11-13,19H2,1H3. The Balaban J connectivity index is 1.86. The highest BCUT2D eigenvalue weighted by Gasteiger charge is 2.20.